The number of rotatable bonds is 3. The molecule has 0 bridgehead atoms. The molecule has 0 spiro atoms. The summed E-state index contributed by atoms with van der Waals surface area (Å²) >= 11 is 0. The topological polar surface area (TPSA) is 55.8 Å². The number of hydrogen-bond donors (Lipinski definition) is 0. The van der Waals surface area contributed by atoms with Crippen LogP contribution in [0.25, 0.3) is 33.1 Å². The van der Waals surface area contributed by atoms with Crippen molar-refractivity contribution in [2.45, 2.75) is 6.54 Å². The molecule has 1 aliphatic rings. The summed E-state index contributed by atoms with van der Waals surface area (Å²) < 4.78 is 16.6. The van der Waals surface area contributed by atoms with E-state index in [-0.39, 0.29) is 5.63 Å². The second kappa shape index (κ2) is 6.68. The number of nitrogens with zero attached hydrogens (tertiary/aromatic N) is 1. The summed E-state index contributed by atoms with van der Waals surface area (Å²) in [5, 5.41) is 1.97. The minimum absolute atomic E-state index is 0.333. The number of morpholine rings is 1. The zero-order valence-electron chi connectivity index (χ0n) is 14.8. The smallest absolute Gasteiger partial charge is 0.336 e. The highest BCUT2D eigenvalue weighted by Gasteiger charge is 2.16. The van der Waals surface area contributed by atoms with Crippen molar-refractivity contribution in [3.05, 3.63) is 70.8 Å². The number of benzene rings is 2. The lowest BCUT2D eigenvalue weighted by Gasteiger charge is -2.26. The summed E-state index contributed by atoms with van der Waals surface area (Å²) in [6.07, 6.45) is 1.76. The Bertz CT molecular complexity index is 1150. The maximum absolute atomic E-state index is 12.1. The minimum atomic E-state index is -0.333. The quantitative estimate of drug-likeness (QED) is 0.516. The highest BCUT2D eigenvalue weighted by atomic mass is 16.5. The van der Waals surface area contributed by atoms with E-state index in [1.54, 1.807) is 12.3 Å². The van der Waals surface area contributed by atoms with Crippen molar-refractivity contribution < 1.29 is 13.6 Å². The molecular weight excluding hydrogens is 342 g/mol. The molecule has 0 atom stereocenters. The van der Waals surface area contributed by atoms with Gasteiger partial charge in [-0.05, 0) is 17.2 Å². The first-order valence-electron chi connectivity index (χ1n) is 9.11. The van der Waals surface area contributed by atoms with E-state index in [1.165, 1.54) is 0 Å². The third-order valence-corrected chi connectivity index (χ3v) is 5.11. The van der Waals surface area contributed by atoms with Gasteiger partial charge in [0.05, 0.1) is 19.5 Å². The van der Waals surface area contributed by atoms with Gasteiger partial charge in [0.1, 0.15) is 11.2 Å². The van der Waals surface area contributed by atoms with Crippen LogP contribution in [-0.2, 0) is 11.3 Å². The molecule has 1 aliphatic heterocycles. The standard InChI is InChI=1S/C22H19NO4/c24-22-10-16(13-23-6-8-25-9-7-23)17-11-18-19(15-4-2-1-3-5-15)14-26-20(18)12-21(17)27-22/h1-5,10-12,14H,6-9,13H2. The van der Waals surface area contributed by atoms with Crippen LogP contribution in [0, 0.1) is 0 Å². The fourth-order valence-corrected chi connectivity index (χ4v) is 3.72. The van der Waals surface area contributed by atoms with Gasteiger partial charge in [-0.2, -0.15) is 0 Å². The number of ether oxygens (including phenoxy) is 1. The van der Waals surface area contributed by atoms with Gasteiger partial charge in [-0.25, -0.2) is 4.79 Å². The molecular formula is C22H19NO4. The Balaban J connectivity index is 1.67. The molecule has 136 valence electrons. The zero-order valence-corrected chi connectivity index (χ0v) is 14.8. The van der Waals surface area contributed by atoms with Crippen LogP contribution in [0.5, 0.6) is 0 Å². The van der Waals surface area contributed by atoms with Gasteiger partial charge < -0.3 is 13.6 Å². The maximum atomic E-state index is 12.1. The highest BCUT2D eigenvalue weighted by Crippen LogP contribution is 2.34. The summed E-state index contributed by atoms with van der Waals surface area (Å²) in [6, 6.07) is 15.7. The first-order chi connectivity index (χ1) is 13.3. The van der Waals surface area contributed by atoms with Crippen LogP contribution < -0.4 is 5.63 Å². The second-order valence-electron chi connectivity index (χ2n) is 6.84. The Hall–Kier alpha value is -2.89. The van der Waals surface area contributed by atoms with Gasteiger partial charge in [-0.3, -0.25) is 4.90 Å². The fourth-order valence-electron chi connectivity index (χ4n) is 3.72. The molecule has 27 heavy (non-hydrogen) atoms. The number of hydrogen-bond acceptors (Lipinski definition) is 5. The Morgan fingerprint density at radius 3 is 2.56 bits per heavy atom. The molecule has 0 saturated carbocycles. The molecule has 0 amide bonds. The lowest BCUT2D eigenvalue weighted by molar-refractivity contribution is 0.0343. The summed E-state index contributed by atoms with van der Waals surface area (Å²) in [7, 11) is 0. The van der Waals surface area contributed by atoms with Gasteiger partial charge in [0, 0.05) is 48.1 Å². The highest BCUT2D eigenvalue weighted by molar-refractivity contribution is 6.02. The number of fused-ring (bicyclic) bond motifs is 2. The second-order valence-corrected chi connectivity index (χ2v) is 6.84. The summed E-state index contributed by atoms with van der Waals surface area (Å²) in [5.74, 6) is 0. The van der Waals surface area contributed by atoms with E-state index in [0.717, 1.165) is 53.8 Å². The lowest BCUT2D eigenvalue weighted by Crippen LogP contribution is -2.35. The average molecular weight is 361 g/mol. The molecule has 0 N–H and O–H groups in total. The van der Waals surface area contributed by atoms with Crippen molar-refractivity contribution in [3.63, 3.8) is 0 Å². The predicted molar refractivity (Wildman–Crippen MR) is 104 cm³/mol. The minimum Gasteiger partial charge on any atom is -0.464 e. The normalized spacial score (nSPS) is 15.6. The molecule has 3 heterocycles. The monoisotopic (exact) mass is 361 g/mol. The molecule has 2 aromatic heterocycles. The Labute approximate surface area is 155 Å². The van der Waals surface area contributed by atoms with Crippen molar-refractivity contribution in [3.8, 4) is 11.1 Å². The first kappa shape index (κ1) is 16.3. The van der Waals surface area contributed by atoms with Crippen molar-refractivity contribution >= 4 is 21.9 Å². The van der Waals surface area contributed by atoms with Crippen molar-refractivity contribution in [1.29, 1.82) is 0 Å². The van der Waals surface area contributed by atoms with E-state index in [2.05, 4.69) is 23.1 Å². The van der Waals surface area contributed by atoms with Crippen molar-refractivity contribution in [2.75, 3.05) is 26.3 Å². The fraction of sp³-hybridized carbons (Fsp3) is 0.227. The van der Waals surface area contributed by atoms with Gasteiger partial charge in [0.2, 0.25) is 0 Å². The third-order valence-electron chi connectivity index (χ3n) is 5.11. The molecule has 1 saturated heterocycles. The van der Waals surface area contributed by atoms with E-state index < -0.39 is 0 Å². The molecule has 5 heteroatoms. The molecule has 0 unspecified atom stereocenters. The van der Waals surface area contributed by atoms with Gasteiger partial charge in [-0.15, -0.1) is 0 Å². The van der Waals surface area contributed by atoms with Crippen LogP contribution in [-0.4, -0.2) is 31.2 Å². The van der Waals surface area contributed by atoms with E-state index in [9.17, 15) is 4.79 Å². The van der Waals surface area contributed by atoms with E-state index in [0.29, 0.717) is 17.7 Å². The third kappa shape index (κ3) is 3.05. The molecule has 0 aliphatic carbocycles. The van der Waals surface area contributed by atoms with Gasteiger partial charge in [0.25, 0.3) is 0 Å². The largest absolute Gasteiger partial charge is 0.464 e. The van der Waals surface area contributed by atoms with Gasteiger partial charge in [0.15, 0.2) is 0 Å². The van der Waals surface area contributed by atoms with Crippen LogP contribution >= 0.6 is 0 Å². The summed E-state index contributed by atoms with van der Waals surface area (Å²) in [4.78, 5) is 14.4. The van der Waals surface area contributed by atoms with Crippen molar-refractivity contribution in [1.82, 2.24) is 4.90 Å². The van der Waals surface area contributed by atoms with Gasteiger partial charge >= 0.3 is 5.63 Å². The van der Waals surface area contributed by atoms with Crippen LogP contribution in [0.15, 0.2) is 68.4 Å². The maximum Gasteiger partial charge on any atom is 0.336 e. The molecule has 0 radical (unpaired) electrons. The first-order valence-corrected chi connectivity index (χ1v) is 9.11. The van der Waals surface area contributed by atoms with Crippen LogP contribution in [0.1, 0.15) is 5.56 Å². The summed E-state index contributed by atoms with van der Waals surface area (Å²) in [5.41, 5.74) is 4.06. The lowest BCUT2D eigenvalue weighted by atomic mass is 10.0. The van der Waals surface area contributed by atoms with Gasteiger partial charge in [-0.1, -0.05) is 30.3 Å². The van der Waals surface area contributed by atoms with E-state index >= 15 is 0 Å². The van der Waals surface area contributed by atoms with E-state index in [4.69, 9.17) is 13.6 Å². The molecule has 2 aromatic carbocycles. The van der Waals surface area contributed by atoms with E-state index in [1.807, 2.05) is 24.3 Å². The zero-order chi connectivity index (χ0) is 18.2. The van der Waals surface area contributed by atoms with Crippen molar-refractivity contribution in [2.24, 2.45) is 0 Å². The molecule has 4 aromatic rings. The van der Waals surface area contributed by atoms with Crippen LogP contribution in [0.2, 0.25) is 0 Å². The Morgan fingerprint density at radius 1 is 0.926 bits per heavy atom. The van der Waals surface area contributed by atoms with Crippen LogP contribution in [0.3, 0.4) is 0 Å². The molecule has 1 fully saturated rings. The summed E-state index contributed by atoms with van der Waals surface area (Å²) in [6.45, 7) is 3.89. The average Bonchev–Trinajstić information content (AvgIpc) is 3.11. The predicted octanol–water partition coefficient (Wildman–Crippen LogP) is 4.04. The number of furan rings is 1. The molecule has 5 rings (SSSR count). The molecule has 5 nitrogen and oxygen atoms in total. The Kier molecular flexibility index (Phi) is 4.03. The van der Waals surface area contributed by atoms with Crippen LogP contribution in [0.4, 0.5) is 0 Å². The SMILES string of the molecule is O=c1cc(CN2CCOCC2)c2cc3c(-c4ccccc4)coc3cc2o1. The Morgan fingerprint density at radius 2 is 1.74 bits per heavy atom.